The van der Waals surface area contributed by atoms with Crippen LogP contribution < -0.4 is 10.2 Å². The molecule has 118 valence electrons. The summed E-state index contributed by atoms with van der Waals surface area (Å²) in [5.41, 5.74) is 2.57. The molecule has 2 aliphatic rings. The molecule has 3 rings (SSSR count). The second-order valence-corrected chi connectivity index (χ2v) is 5.76. The van der Waals surface area contributed by atoms with Crippen molar-refractivity contribution in [1.82, 2.24) is 10.3 Å². The van der Waals surface area contributed by atoms with Crippen molar-refractivity contribution in [3.63, 3.8) is 0 Å². The summed E-state index contributed by atoms with van der Waals surface area (Å²) in [5.74, 6) is 0. The number of rotatable bonds is 3. The number of pyridine rings is 1. The summed E-state index contributed by atoms with van der Waals surface area (Å²) in [6, 6.07) is -0.198. The standard InChI is InChI=1S/C14H18N4O4/c19-14(20)16-9-3-2-6-17(8-9)13-10-4-1-5-11(10)15-7-12(13)18(21)22/h7,9,16H,1-6,8H2,(H,19,20)/t9-/m0/s1. The van der Waals surface area contributed by atoms with E-state index < -0.39 is 11.0 Å². The van der Waals surface area contributed by atoms with Crippen molar-refractivity contribution in [2.24, 2.45) is 0 Å². The smallest absolute Gasteiger partial charge is 0.404 e. The van der Waals surface area contributed by atoms with E-state index in [0.717, 1.165) is 43.4 Å². The van der Waals surface area contributed by atoms with Crippen LogP contribution in [0.5, 0.6) is 0 Å². The monoisotopic (exact) mass is 306 g/mol. The molecule has 0 unspecified atom stereocenters. The van der Waals surface area contributed by atoms with Crippen molar-refractivity contribution < 1.29 is 14.8 Å². The van der Waals surface area contributed by atoms with Gasteiger partial charge in [-0.25, -0.2) is 4.79 Å². The summed E-state index contributed by atoms with van der Waals surface area (Å²) in [6.07, 6.45) is 4.46. The lowest BCUT2D eigenvalue weighted by Crippen LogP contribution is -2.47. The van der Waals surface area contributed by atoms with E-state index in [2.05, 4.69) is 10.3 Å². The first-order valence-corrected chi connectivity index (χ1v) is 7.46. The van der Waals surface area contributed by atoms with Crippen molar-refractivity contribution in [2.75, 3.05) is 18.0 Å². The summed E-state index contributed by atoms with van der Waals surface area (Å²) in [5, 5.41) is 22.7. The second-order valence-electron chi connectivity index (χ2n) is 5.76. The van der Waals surface area contributed by atoms with Gasteiger partial charge in [0.1, 0.15) is 11.9 Å². The van der Waals surface area contributed by atoms with E-state index in [-0.39, 0.29) is 11.7 Å². The SMILES string of the molecule is O=C(O)N[C@H]1CCCN(c2c([N+](=O)[O-])cnc3c2CCC3)C1. The fraction of sp³-hybridized carbons (Fsp3) is 0.571. The van der Waals surface area contributed by atoms with Crippen molar-refractivity contribution >= 4 is 17.5 Å². The van der Waals surface area contributed by atoms with Crippen LogP contribution in [0.3, 0.4) is 0 Å². The van der Waals surface area contributed by atoms with Crippen molar-refractivity contribution in [3.8, 4) is 0 Å². The molecule has 22 heavy (non-hydrogen) atoms. The lowest BCUT2D eigenvalue weighted by atomic mass is 10.0. The van der Waals surface area contributed by atoms with E-state index in [1.807, 2.05) is 4.90 Å². The third kappa shape index (κ3) is 2.68. The van der Waals surface area contributed by atoms with E-state index >= 15 is 0 Å². The van der Waals surface area contributed by atoms with E-state index in [9.17, 15) is 14.9 Å². The molecule has 8 nitrogen and oxygen atoms in total. The fourth-order valence-electron chi connectivity index (χ4n) is 3.44. The molecule has 1 saturated heterocycles. The molecular formula is C14H18N4O4. The molecular weight excluding hydrogens is 288 g/mol. The Labute approximate surface area is 127 Å². The molecule has 0 radical (unpaired) electrons. The first-order valence-electron chi connectivity index (χ1n) is 7.46. The first-order chi connectivity index (χ1) is 10.6. The van der Waals surface area contributed by atoms with E-state index in [1.54, 1.807) is 0 Å². The Bertz CT molecular complexity index is 619. The zero-order valence-electron chi connectivity index (χ0n) is 12.1. The Kier molecular flexibility index (Phi) is 3.82. The highest BCUT2D eigenvalue weighted by Crippen LogP contribution is 2.38. The number of nitrogens with zero attached hydrogens (tertiary/aromatic N) is 3. The number of fused-ring (bicyclic) bond motifs is 1. The lowest BCUT2D eigenvalue weighted by molar-refractivity contribution is -0.384. The van der Waals surface area contributed by atoms with Gasteiger partial charge in [-0.15, -0.1) is 0 Å². The number of aromatic nitrogens is 1. The summed E-state index contributed by atoms with van der Waals surface area (Å²) >= 11 is 0. The van der Waals surface area contributed by atoms with E-state index in [0.29, 0.717) is 18.8 Å². The number of carboxylic acid groups (broad SMARTS) is 1. The average molecular weight is 306 g/mol. The predicted octanol–water partition coefficient (Wildman–Crippen LogP) is 1.71. The minimum absolute atomic E-state index is 0.0247. The van der Waals surface area contributed by atoms with E-state index in [4.69, 9.17) is 5.11 Å². The predicted molar refractivity (Wildman–Crippen MR) is 79.3 cm³/mol. The summed E-state index contributed by atoms with van der Waals surface area (Å²) in [4.78, 5) is 28.0. The van der Waals surface area contributed by atoms with Gasteiger partial charge in [0.2, 0.25) is 0 Å². The lowest BCUT2D eigenvalue weighted by Gasteiger charge is -2.34. The molecule has 1 atom stereocenters. The largest absolute Gasteiger partial charge is 0.465 e. The van der Waals surface area contributed by atoms with Crippen LogP contribution in [-0.2, 0) is 12.8 Å². The van der Waals surface area contributed by atoms with Gasteiger partial charge >= 0.3 is 11.8 Å². The number of aryl methyl sites for hydroxylation is 1. The quantitative estimate of drug-likeness (QED) is 0.650. The average Bonchev–Trinajstić information content (AvgIpc) is 2.93. The topological polar surface area (TPSA) is 109 Å². The number of nitrogens with one attached hydrogen (secondary N) is 1. The third-order valence-electron chi connectivity index (χ3n) is 4.32. The van der Waals surface area contributed by atoms with Crippen LogP contribution in [0.2, 0.25) is 0 Å². The Hall–Kier alpha value is -2.38. The normalized spacial score (nSPS) is 20.5. The molecule has 0 saturated carbocycles. The minimum atomic E-state index is -1.05. The maximum atomic E-state index is 11.4. The van der Waals surface area contributed by atoms with Gasteiger partial charge in [0.25, 0.3) is 0 Å². The molecule has 1 amide bonds. The van der Waals surface area contributed by atoms with Crippen LogP contribution >= 0.6 is 0 Å². The van der Waals surface area contributed by atoms with Crippen molar-refractivity contribution in [3.05, 3.63) is 27.6 Å². The summed E-state index contributed by atoms with van der Waals surface area (Å²) < 4.78 is 0. The Morgan fingerprint density at radius 3 is 3.00 bits per heavy atom. The van der Waals surface area contributed by atoms with Gasteiger partial charge in [0.15, 0.2) is 0 Å². The van der Waals surface area contributed by atoms with Crippen LogP contribution in [0, 0.1) is 10.1 Å². The fourth-order valence-corrected chi connectivity index (χ4v) is 3.44. The van der Waals surface area contributed by atoms with Gasteiger partial charge in [0.05, 0.1) is 4.92 Å². The number of amides is 1. The van der Waals surface area contributed by atoms with Crippen molar-refractivity contribution in [2.45, 2.75) is 38.1 Å². The Balaban J connectivity index is 1.94. The molecule has 2 heterocycles. The van der Waals surface area contributed by atoms with Gasteiger partial charge in [-0.3, -0.25) is 15.1 Å². The maximum absolute atomic E-state index is 11.4. The molecule has 1 aromatic heterocycles. The molecule has 0 spiro atoms. The molecule has 0 bridgehead atoms. The molecule has 2 N–H and O–H groups in total. The zero-order chi connectivity index (χ0) is 15.7. The molecule has 8 heteroatoms. The van der Waals surface area contributed by atoms with Crippen LogP contribution in [0.4, 0.5) is 16.2 Å². The third-order valence-corrected chi connectivity index (χ3v) is 4.32. The van der Waals surface area contributed by atoms with E-state index in [1.165, 1.54) is 6.20 Å². The Morgan fingerprint density at radius 2 is 2.27 bits per heavy atom. The minimum Gasteiger partial charge on any atom is -0.465 e. The molecule has 1 aliphatic carbocycles. The van der Waals surface area contributed by atoms with Gasteiger partial charge in [-0.1, -0.05) is 0 Å². The number of nitro groups is 1. The van der Waals surface area contributed by atoms with Crippen LogP contribution in [0.25, 0.3) is 0 Å². The van der Waals surface area contributed by atoms with Crippen LogP contribution in [-0.4, -0.2) is 40.2 Å². The summed E-state index contributed by atoms with van der Waals surface area (Å²) in [6.45, 7) is 1.17. The number of hydrogen-bond donors (Lipinski definition) is 2. The number of hydrogen-bond acceptors (Lipinski definition) is 5. The van der Waals surface area contributed by atoms with Gasteiger partial charge in [0, 0.05) is 30.4 Å². The van der Waals surface area contributed by atoms with Crippen LogP contribution in [0.1, 0.15) is 30.5 Å². The highest BCUT2D eigenvalue weighted by Gasteiger charge is 2.31. The van der Waals surface area contributed by atoms with Gasteiger partial charge in [-0.05, 0) is 32.1 Å². The molecule has 1 fully saturated rings. The van der Waals surface area contributed by atoms with Gasteiger partial charge < -0.3 is 15.3 Å². The second kappa shape index (κ2) is 5.78. The van der Waals surface area contributed by atoms with Crippen molar-refractivity contribution in [1.29, 1.82) is 0 Å². The Morgan fingerprint density at radius 1 is 1.45 bits per heavy atom. The number of carbonyl (C=O) groups is 1. The first kappa shape index (κ1) is 14.6. The number of anilines is 1. The summed E-state index contributed by atoms with van der Waals surface area (Å²) in [7, 11) is 0. The highest BCUT2D eigenvalue weighted by atomic mass is 16.6. The molecule has 1 aliphatic heterocycles. The zero-order valence-corrected chi connectivity index (χ0v) is 12.1. The number of piperidine rings is 1. The molecule has 1 aromatic rings. The van der Waals surface area contributed by atoms with Crippen LogP contribution in [0.15, 0.2) is 6.20 Å². The highest BCUT2D eigenvalue weighted by molar-refractivity contribution is 5.70. The maximum Gasteiger partial charge on any atom is 0.404 e. The molecule has 0 aromatic carbocycles. The van der Waals surface area contributed by atoms with Gasteiger partial charge in [-0.2, -0.15) is 0 Å².